The maximum atomic E-state index is 9.48. The van der Waals surface area contributed by atoms with Crippen LogP contribution in [0.4, 0.5) is 0 Å². The van der Waals surface area contributed by atoms with Crippen LogP contribution in [0.3, 0.4) is 0 Å². The summed E-state index contributed by atoms with van der Waals surface area (Å²) in [6.45, 7) is 8.82. The fourth-order valence-corrected chi connectivity index (χ4v) is 2.48. The lowest BCUT2D eigenvalue weighted by molar-refractivity contribution is -0.170. The summed E-state index contributed by atoms with van der Waals surface area (Å²) in [7, 11) is 0. The van der Waals surface area contributed by atoms with Crippen LogP contribution in [0.15, 0.2) is 36.6 Å². The highest BCUT2D eigenvalue weighted by Gasteiger charge is 2.36. The van der Waals surface area contributed by atoms with Crippen LogP contribution in [0.25, 0.3) is 0 Å². The Morgan fingerprint density at radius 3 is 2.35 bits per heavy atom. The predicted molar refractivity (Wildman–Crippen MR) is 68.6 cm³/mol. The van der Waals surface area contributed by atoms with Gasteiger partial charge in [-0.15, -0.1) is 0 Å². The molecule has 96 valence electrons. The molecule has 1 atom stereocenters. The molecule has 0 amide bonds. The molecule has 0 aromatic carbocycles. The molecule has 0 bridgehead atoms. The molecule has 0 heterocycles. The maximum Gasteiger partial charge on any atom is 0.152 e. The van der Waals surface area contributed by atoms with E-state index in [9.17, 15) is 10.2 Å². The largest absolute Gasteiger partial charge is 0.509 e. The highest BCUT2D eigenvalue weighted by atomic mass is 16.6. The van der Waals surface area contributed by atoms with Crippen LogP contribution < -0.4 is 0 Å². The van der Waals surface area contributed by atoms with Gasteiger partial charge < -0.3 is 14.9 Å². The molecular weight excluding hydrogens is 216 g/mol. The molecule has 1 saturated carbocycles. The molecule has 0 aromatic heterocycles. The first-order chi connectivity index (χ1) is 8.00. The van der Waals surface area contributed by atoms with Crippen molar-refractivity contribution in [2.75, 3.05) is 0 Å². The molecule has 0 radical (unpaired) electrons. The molecule has 1 fully saturated rings. The second kappa shape index (κ2) is 6.03. The lowest BCUT2D eigenvalue weighted by atomic mass is 9.78. The van der Waals surface area contributed by atoms with Gasteiger partial charge >= 0.3 is 0 Å². The Morgan fingerprint density at radius 1 is 1.35 bits per heavy atom. The van der Waals surface area contributed by atoms with Crippen molar-refractivity contribution in [1.82, 2.24) is 0 Å². The first kappa shape index (κ1) is 14.0. The Morgan fingerprint density at radius 2 is 1.94 bits per heavy atom. The summed E-state index contributed by atoms with van der Waals surface area (Å²) in [6, 6.07) is 0. The van der Waals surface area contributed by atoms with E-state index in [1.165, 1.54) is 6.42 Å². The number of hydrogen-bond acceptors (Lipinski definition) is 3. The summed E-state index contributed by atoms with van der Waals surface area (Å²) >= 11 is 0. The van der Waals surface area contributed by atoms with Crippen LogP contribution in [0, 0.1) is 0 Å². The molecule has 17 heavy (non-hydrogen) atoms. The van der Waals surface area contributed by atoms with Gasteiger partial charge in [0, 0.05) is 0 Å². The highest BCUT2D eigenvalue weighted by molar-refractivity contribution is 5.33. The van der Waals surface area contributed by atoms with Gasteiger partial charge in [-0.25, -0.2) is 0 Å². The van der Waals surface area contributed by atoms with E-state index in [1.807, 2.05) is 0 Å². The van der Waals surface area contributed by atoms with Gasteiger partial charge in [0.25, 0.3) is 0 Å². The van der Waals surface area contributed by atoms with Crippen LogP contribution >= 0.6 is 0 Å². The van der Waals surface area contributed by atoms with Crippen LogP contribution in [-0.4, -0.2) is 22.1 Å². The maximum absolute atomic E-state index is 9.48. The Bertz CT molecular complexity index is 309. The van der Waals surface area contributed by atoms with Gasteiger partial charge in [0.1, 0.15) is 5.76 Å². The first-order valence-electron chi connectivity index (χ1n) is 6.08. The SMILES string of the molecule is C=C/C(=C\C(=C)O)C1(OC(C)O)CCCCC1. The van der Waals surface area contributed by atoms with Crippen molar-refractivity contribution in [1.29, 1.82) is 0 Å². The lowest BCUT2D eigenvalue weighted by Gasteiger charge is -2.39. The molecule has 0 aliphatic heterocycles. The second-order valence-electron chi connectivity index (χ2n) is 4.57. The minimum Gasteiger partial charge on any atom is -0.509 e. The van der Waals surface area contributed by atoms with E-state index >= 15 is 0 Å². The number of ether oxygens (including phenoxy) is 1. The lowest BCUT2D eigenvalue weighted by Crippen LogP contribution is -2.39. The van der Waals surface area contributed by atoms with Crippen molar-refractivity contribution in [2.45, 2.75) is 50.9 Å². The Labute approximate surface area is 103 Å². The van der Waals surface area contributed by atoms with Crippen molar-refractivity contribution in [3.63, 3.8) is 0 Å². The van der Waals surface area contributed by atoms with Crippen molar-refractivity contribution in [3.05, 3.63) is 36.6 Å². The summed E-state index contributed by atoms with van der Waals surface area (Å²) in [5.74, 6) is -0.0148. The normalized spacial score (nSPS) is 21.9. The molecule has 1 aliphatic carbocycles. The van der Waals surface area contributed by atoms with E-state index in [4.69, 9.17) is 4.74 Å². The quantitative estimate of drug-likeness (QED) is 0.439. The molecule has 1 unspecified atom stereocenters. The second-order valence-corrected chi connectivity index (χ2v) is 4.57. The Balaban J connectivity index is 3.02. The zero-order valence-corrected chi connectivity index (χ0v) is 10.5. The van der Waals surface area contributed by atoms with Crippen LogP contribution in [0.2, 0.25) is 0 Å². The van der Waals surface area contributed by atoms with Crippen molar-refractivity contribution >= 4 is 0 Å². The van der Waals surface area contributed by atoms with E-state index in [0.29, 0.717) is 0 Å². The number of rotatable bonds is 5. The fourth-order valence-electron chi connectivity index (χ4n) is 2.48. The zero-order valence-electron chi connectivity index (χ0n) is 10.5. The summed E-state index contributed by atoms with van der Waals surface area (Å²) in [4.78, 5) is 0. The van der Waals surface area contributed by atoms with Gasteiger partial charge in [0.15, 0.2) is 6.29 Å². The van der Waals surface area contributed by atoms with Gasteiger partial charge in [-0.2, -0.15) is 0 Å². The van der Waals surface area contributed by atoms with Crippen molar-refractivity contribution in [2.24, 2.45) is 0 Å². The van der Waals surface area contributed by atoms with Crippen LogP contribution in [0.5, 0.6) is 0 Å². The molecule has 0 saturated heterocycles. The standard InChI is InChI=1S/C14H22O3/c1-4-13(10-11(2)15)14(17-12(3)16)8-6-5-7-9-14/h4,10,12,15-16H,1-2,5-9H2,3H3/b13-10+. The van der Waals surface area contributed by atoms with Crippen LogP contribution in [0.1, 0.15) is 39.0 Å². The van der Waals surface area contributed by atoms with Gasteiger partial charge in [-0.3, -0.25) is 0 Å². The molecule has 3 nitrogen and oxygen atoms in total. The molecule has 0 spiro atoms. The number of aliphatic hydroxyl groups is 2. The van der Waals surface area contributed by atoms with Crippen molar-refractivity contribution < 1.29 is 14.9 Å². The van der Waals surface area contributed by atoms with Gasteiger partial charge in [0.05, 0.1) is 5.60 Å². The van der Waals surface area contributed by atoms with E-state index < -0.39 is 11.9 Å². The summed E-state index contributed by atoms with van der Waals surface area (Å²) in [5.41, 5.74) is 0.269. The summed E-state index contributed by atoms with van der Waals surface area (Å²) in [5, 5.41) is 18.8. The topological polar surface area (TPSA) is 49.7 Å². The zero-order chi connectivity index (χ0) is 12.9. The van der Waals surface area contributed by atoms with E-state index in [2.05, 4.69) is 13.2 Å². The molecule has 3 heteroatoms. The highest BCUT2D eigenvalue weighted by Crippen LogP contribution is 2.39. The van der Waals surface area contributed by atoms with Crippen LogP contribution in [-0.2, 0) is 4.74 Å². The van der Waals surface area contributed by atoms with E-state index in [1.54, 1.807) is 19.1 Å². The predicted octanol–water partition coefficient (Wildman–Crippen LogP) is 3.23. The number of aliphatic hydroxyl groups excluding tert-OH is 2. The average molecular weight is 238 g/mol. The third kappa shape index (κ3) is 3.72. The third-order valence-electron chi connectivity index (χ3n) is 3.13. The molecular formula is C14H22O3. The number of hydrogen-bond donors (Lipinski definition) is 2. The summed E-state index contributed by atoms with van der Waals surface area (Å²) in [6.07, 6.45) is 7.37. The van der Waals surface area contributed by atoms with Gasteiger partial charge in [-0.05, 0) is 31.4 Å². The molecule has 2 N–H and O–H groups in total. The van der Waals surface area contributed by atoms with E-state index in [-0.39, 0.29) is 5.76 Å². The van der Waals surface area contributed by atoms with E-state index in [0.717, 1.165) is 31.3 Å². The Hall–Kier alpha value is -1.06. The number of allylic oxidation sites excluding steroid dienone is 1. The van der Waals surface area contributed by atoms with Gasteiger partial charge in [-0.1, -0.05) is 38.5 Å². The summed E-state index contributed by atoms with van der Waals surface area (Å²) < 4.78 is 5.70. The first-order valence-corrected chi connectivity index (χ1v) is 6.08. The Kier molecular flexibility index (Phi) is 4.97. The monoisotopic (exact) mass is 238 g/mol. The fraction of sp³-hybridized carbons (Fsp3) is 0.571. The average Bonchev–Trinajstić information content (AvgIpc) is 2.25. The third-order valence-corrected chi connectivity index (χ3v) is 3.13. The molecule has 1 aliphatic rings. The molecule has 1 rings (SSSR count). The molecule has 0 aromatic rings. The van der Waals surface area contributed by atoms with Crippen molar-refractivity contribution in [3.8, 4) is 0 Å². The van der Waals surface area contributed by atoms with Gasteiger partial charge in [0.2, 0.25) is 0 Å². The smallest absolute Gasteiger partial charge is 0.152 e. The minimum absolute atomic E-state index is 0.0148. The minimum atomic E-state index is -0.830.